The third-order valence-electron chi connectivity index (χ3n) is 4.50. The lowest BCUT2D eigenvalue weighted by Gasteiger charge is -2.31. The minimum absolute atomic E-state index is 0.00609. The summed E-state index contributed by atoms with van der Waals surface area (Å²) in [7, 11) is 1.66. The largest absolute Gasteiger partial charge is 0.497 e. The molecular formula is C19H24N4O2. The van der Waals surface area contributed by atoms with E-state index in [0.717, 1.165) is 31.6 Å². The number of ether oxygens (including phenoxy) is 1. The highest BCUT2D eigenvalue weighted by atomic mass is 16.5. The first-order valence-electron chi connectivity index (χ1n) is 8.69. The summed E-state index contributed by atoms with van der Waals surface area (Å²) in [6.07, 6.45) is 6.18. The van der Waals surface area contributed by atoms with Crippen LogP contribution in [0.1, 0.15) is 18.4 Å². The number of anilines is 1. The summed E-state index contributed by atoms with van der Waals surface area (Å²) in [6.45, 7) is 2.22. The van der Waals surface area contributed by atoms with Gasteiger partial charge < -0.3 is 15.0 Å². The fourth-order valence-corrected chi connectivity index (χ4v) is 3.09. The molecule has 1 amide bonds. The second-order valence-electron chi connectivity index (χ2n) is 6.22. The maximum atomic E-state index is 12.5. The molecule has 1 aliphatic heterocycles. The summed E-state index contributed by atoms with van der Waals surface area (Å²) >= 11 is 0. The smallest absolute Gasteiger partial charge is 0.225 e. The number of carbonyl (C=O) groups is 1. The predicted molar refractivity (Wildman–Crippen MR) is 96.7 cm³/mol. The first-order chi connectivity index (χ1) is 12.3. The van der Waals surface area contributed by atoms with Crippen LogP contribution in [0.3, 0.4) is 0 Å². The highest BCUT2D eigenvalue weighted by Gasteiger charge is 2.26. The zero-order chi connectivity index (χ0) is 17.5. The Morgan fingerprint density at radius 3 is 2.76 bits per heavy atom. The second-order valence-corrected chi connectivity index (χ2v) is 6.22. The molecule has 0 radical (unpaired) electrons. The average molecular weight is 340 g/mol. The maximum Gasteiger partial charge on any atom is 0.225 e. The van der Waals surface area contributed by atoms with Crippen LogP contribution in [0.4, 0.5) is 5.95 Å². The number of aromatic nitrogens is 2. The Balaban J connectivity index is 1.47. The van der Waals surface area contributed by atoms with Crippen molar-refractivity contribution in [2.24, 2.45) is 5.92 Å². The zero-order valence-corrected chi connectivity index (χ0v) is 14.5. The summed E-state index contributed by atoms with van der Waals surface area (Å²) in [6, 6.07) is 9.74. The summed E-state index contributed by atoms with van der Waals surface area (Å²) in [4.78, 5) is 23.1. The molecule has 6 nitrogen and oxygen atoms in total. The van der Waals surface area contributed by atoms with Crippen molar-refractivity contribution < 1.29 is 9.53 Å². The quantitative estimate of drug-likeness (QED) is 0.872. The highest BCUT2D eigenvalue weighted by Crippen LogP contribution is 2.20. The van der Waals surface area contributed by atoms with Crippen LogP contribution >= 0.6 is 0 Å². The molecule has 25 heavy (non-hydrogen) atoms. The van der Waals surface area contributed by atoms with Crippen molar-refractivity contribution in [1.29, 1.82) is 0 Å². The molecule has 3 rings (SSSR count). The summed E-state index contributed by atoms with van der Waals surface area (Å²) in [5.41, 5.74) is 1.18. The number of benzene rings is 1. The van der Waals surface area contributed by atoms with Crippen molar-refractivity contribution in [3.05, 3.63) is 48.3 Å². The van der Waals surface area contributed by atoms with Gasteiger partial charge in [0.25, 0.3) is 0 Å². The topological polar surface area (TPSA) is 67.3 Å². The number of piperidine rings is 1. The number of carbonyl (C=O) groups excluding carboxylic acids is 1. The number of methoxy groups -OCH3 is 1. The first-order valence-corrected chi connectivity index (χ1v) is 8.69. The molecule has 1 aromatic heterocycles. The van der Waals surface area contributed by atoms with E-state index in [0.29, 0.717) is 19.0 Å². The number of hydrogen-bond donors (Lipinski definition) is 1. The fraction of sp³-hybridized carbons (Fsp3) is 0.421. The van der Waals surface area contributed by atoms with Gasteiger partial charge in [0.15, 0.2) is 0 Å². The van der Waals surface area contributed by atoms with Crippen LogP contribution < -0.4 is 15.0 Å². The normalized spacial score (nSPS) is 17.2. The van der Waals surface area contributed by atoms with Crippen LogP contribution in [0.15, 0.2) is 42.7 Å². The van der Waals surface area contributed by atoms with Crippen molar-refractivity contribution in [3.8, 4) is 5.75 Å². The Kier molecular flexibility index (Phi) is 5.82. The molecule has 1 aliphatic rings. The van der Waals surface area contributed by atoms with Crippen LogP contribution in [0.2, 0.25) is 0 Å². The van der Waals surface area contributed by atoms with Crippen LogP contribution in [0, 0.1) is 5.92 Å². The van der Waals surface area contributed by atoms with E-state index in [9.17, 15) is 4.79 Å². The molecule has 2 heterocycles. The van der Waals surface area contributed by atoms with Gasteiger partial charge in [0.05, 0.1) is 13.0 Å². The van der Waals surface area contributed by atoms with Gasteiger partial charge in [-0.05, 0) is 43.0 Å². The molecule has 2 aromatic rings. The molecule has 6 heteroatoms. The van der Waals surface area contributed by atoms with E-state index in [4.69, 9.17) is 4.74 Å². The van der Waals surface area contributed by atoms with Crippen molar-refractivity contribution in [2.75, 3.05) is 31.6 Å². The molecule has 0 bridgehead atoms. The van der Waals surface area contributed by atoms with Crippen molar-refractivity contribution >= 4 is 11.9 Å². The highest BCUT2D eigenvalue weighted by molar-refractivity contribution is 5.79. The molecule has 0 unspecified atom stereocenters. The number of nitrogens with one attached hydrogen (secondary N) is 1. The van der Waals surface area contributed by atoms with E-state index in [1.165, 1.54) is 5.56 Å². The maximum absolute atomic E-state index is 12.5. The molecule has 132 valence electrons. The van der Waals surface area contributed by atoms with Gasteiger partial charge in [-0.1, -0.05) is 12.1 Å². The molecular weight excluding hydrogens is 316 g/mol. The monoisotopic (exact) mass is 340 g/mol. The molecule has 1 aromatic carbocycles. The van der Waals surface area contributed by atoms with Crippen LogP contribution in [0.25, 0.3) is 0 Å². The third-order valence-corrected chi connectivity index (χ3v) is 4.50. The Morgan fingerprint density at radius 2 is 2.04 bits per heavy atom. The summed E-state index contributed by atoms with van der Waals surface area (Å²) in [5.74, 6) is 1.67. The summed E-state index contributed by atoms with van der Waals surface area (Å²) in [5, 5.41) is 3.06. The Morgan fingerprint density at radius 1 is 1.28 bits per heavy atom. The molecule has 1 N–H and O–H groups in total. The molecule has 1 atom stereocenters. The molecule has 1 saturated heterocycles. The van der Waals surface area contributed by atoms with Gasteiger partial charge in [-0.15, -0.1) is 0 Å². The van der Waals surface area contributed by atoms with Gasteiger partial charge in [-0.25, -0.2) is 9.97 Å². The van der Waals surface area contributed by atoms with Crippen LogP contribution in [-0.2, 0) is 11.2 Å². The van der Waals surface area contributed by atoms with E-state index in [1.54, 1.807) is 25.6 Å². The lowest BCUT2D eigenvalue weighted by molar-refractivity contribution is -0.125. The van der Waals surface area contributed by atoms with Gasteiger partial charge in [0, 0.05) is 32.0 Å². The summed E-state index contributed by atoms with van der Waals surface area (Å²) < 4.78 is 5.15. The van der Waals surface area contributed by atoms with Gasteiger partial charge in [0.1, 0.15) is 5.75 Å². The average Bonchev–Trinajstić information content (AvgIpc) is 2.69. The zero-order valence-electron chi connectivity index (χ0n) is 14.5. The number of nitrogens with zero attached hydrogens (tertiary/aromatic N) is 3. The van der Waals surface area contributed by atoms with Crippen LogP contribution in [-0.4, -0.2) is 42.6 Å². The second kappa shape index (κ2) is 8.46. The molecule has 0 spiro atoms. The Bertz CT molecular complexity index is 676. The predicted octanol–water partition coefficient (Wildman–Crippen LogP) is 2.06. The lowest BCUT2D eigenvalue weighted by atomic mass is 9.97. The van der Waals surface area contributed by atoms with Gasteiger partial charge >= 0.3 is 0 Å². The molecule has 1 fully saturated rings. The first kappa shape index (κ1) is 17.2. The Hall–Kier alpha value is -2.63. The van der Waals surface area contributed by atoms with Crippen molar-refractivity contribution in [2.45, 2.75) is 19.3 Å². The standard InChI is InChI=1S/C19H24N4O2/c1-25-17-7-5-15(6-8-17)9-12-20-18(24)16-4-2-13-23(14-16)19-21-10-3-11-22-19/h3,5-8,10-11,16H,2,4,9,12-14H2,1H3,(H,20,24)/t16-/m1/s1. The fourth-order valence-electron chi connectivity index (χ4n) is 3.09. The number of hydrogen-bond acceptors (Lipinski definition) is 5. The van der Waals surface area contributed by atoms with Crippen molar-refractivity contribution in [1.82, 2.24) is 15.3 Å². The SMILES string of the molecule is COc1ccc(CCNC(=O)[C@@H]2CCCN(c3ncccn3)C2)cc1. The van der Waals surface area contributed by atoms with Gasteiger partial charge in [-0.2, -0.15) is 0 Å². The third kappa shape index (κ3) is 4.68. The minimum atomic E-state index is -0.00609. The number of amides is 1. The van der Waals surface area contributed by atoms with Gasteiger partial charge in [0.2, 0.25) is 11.9 Å². The minimum Gasteiger partial charge on any atom is -0.497 e. The Labute approximate surface area is 148 Å². The van der Waals surface area contributed by atoms with Crippen LogP contribution in [0.5, 0.6) is 5.75 Å². The lowest BCUT2D eigenvalue weighted by Crippen LogP contribution is -2.44. The molecule has 0 aliphatic carbocycles. The van der Waals surface area contributed by atoms with E-state index in [1.807, 2.05) is 24.3 Å². The van der Waals surface area contributed by atoms with E-state index in [2.05, 4.69) is 20.2 Å². The number of rotatable bonds is 6. The van der Waals surface area contributed by atoms with E-state index < -0.39 is 0 Å². The van der Waals surface area contributed by atoms with E-state index >= 15 is 0 Å². The molecule has 0 saturated carbocycles. The van der Waals surface area contributed by atoms with Gasteiger partial charge in [-0.3, -0.25) is 4.79 Å². The van der Waals surface area contributed by atoms with Crippen molar-refractivity contribution in [3.63, 3.8) is 0 Å². The van der Waals surface area contributed by atoms with E-state index in [-0.39, 0.29) is 11.8 Å².